The van der Waals surface area contributed by atoms with Crippen molar-refractivity contribution in [3.05, 3.63) is 71.7 Å². The summed E-state index contributed by atoms with van der Waals surface area (Å²) in [6.45, 7) is 3.78. The smallest absolute Gasteiger partial charge is 0.174 e. The second kappa shape index (κ2) is 4.85. The lowest BCUT2D eigenvalue weighted by Crippen LogP contribution is -2.28. The van der Waals surface area contributed by atoms with E-state index in [0.29, 0.717) is 10.9 Å². The quantitative estimate of drug-likeness (QED) is 0.706. The second-order valence-electron chi connectivity index (χ2n) is 5.71. The van der Waals surface area contributed by atoms with Crippen LogP contribution in [-0.2, 0) is 5.41 Å². The molecule has 2 aromatic carbocycles. The molecule has 0 fully saturated rings. The van der Waals surface area contributed by atoms with Gasteiger partial charge in [-0.3, -0.25) is 4.79 Å². The highest BCUT2D eigenvalue weighted by Gasteiger charge is 2.32. The molecule has 3 heteroatoms. The number of nitrogens with one attached hydrogen (secondary N) is 1. The molecule has 3 rings (SSSR count). The summed E-state index contributed by atoms with van der Waals surface area (Å²) in [4.78, 5) is 15.9. The number of rotatable bonds is 3. The van der Waals surface area contributed by atoms with E-state index in [4.69, 9.17) is 0 Å². The van der Waals surface area contributed by atoms with Gasteiger partial charge in [-0.2, -0.15) is 0 Å². The van der Waals surface area contributed by atoms with E-state index in [1.807, 2.05) is 44.2 Å². The first kappa shape index (κ1) is 13.6. The fourth-order valence-corrected chi connectivity index (χ4v) is 2.60. The number of halogens is 1. The van der Waals surface area contributed by atoms with E-state index in [-0.39, 0.29) is 11.6 Å². The van der Waals surface area contributed by atoms with Gasteiger partial charge in [0.05, 0.1) is 5.41 Å². The molecule has 0 atom stereocenters. The van der Waals surface area contributed by atoms with Gasteiger partial charge in [-0.15, -0.1) is 0 Å². The van der Waals surface area contributed by atoms with E-state index >= 15 is 0 Å². The van der Waals surface area contributed by atoms with Crippen molar-refractivity contribution >= 4 is 16.7 Å². The Morgan fingerprint density at radius 3 is 2.52 bits per heavy atom. The van der Waals surface area contributed by atoms with Gasteiger partial charge in [0.2, 0.25) is 0 Å². The average Bonchev–Trinajstić information content (AvgIpc) is 2.90. The van der Waals surface area contributed by atoms with Crippen molar-refractivity contribution in [1.29, 1.82) is 0 Å². The third-order valence-electron chi connectivity index (χ3n) is 3.95. The Kier molecular flexibility index (Phi) is 3.13. The molecule has 2 nitrogen and oxygen atoms in total. The minimum Gasteiger partial charge on any atom is -0.360 e. The molecular weight excluding hydrogens is 265 g/mol. The first-order valence-corrected chi connectivity index (χ1v) is 6.87. The lowest BCUT2D eigenvalue weighted by molar-refractivity contribution is 0.0910. The minimum atomic E-state index is -0.664. The molecule has 1 aromatic heterocycles. The summed E-state index contributed by atoms with van der Waals surface area (Å²) in [7, 11) is 0. The molecule has 0 bridgehead atoms. The van der Waals surface area contributed by atoms with Crippen LogP contribution in [0.4, 0.5) is 4.39 Å². The zero-order valence-electron chi connectivity index (χ0n) is 12.0. The molecule has 0 unspecified atom stereocenters. The molecule has 0 aliphatic rings. The SMILES string of the molecule is CC(C)(C(=O)c1c[nH]c2ccc(F)cc12)c1ccccc1. The van der Waals surface area contributed by atoms with Gasteiger partial charge in [0.15, 0.2) is 5.78 Å². The monoisotopic (exact) mass is 281 g/mol. The molecule has 0 aliphatic heterocycles. The zero-order valence-corrected chi connectivity index (χ0v) is 12.0. The van der Waals surface area contributed by atoms with Crippen LogP contribution in [0.2, 0.25) is 0 Å². The Labute approximate surface area is 122 Å². The first-order valence-electron chi connectivity index (χ1n) is 6.87. The summed E-state index contributed by atoms with van der Waals surface area (Å²) in [5, 5.41) is 0.629. The van der Waals surface area contributed by atoms with Crippen molar-refractivity contribution in [2.45, 2.75) is 19.3 Å². The molecule has 0 saturated heterocycles. The largest absolute Gasteiger partial charge is 0.360 e. The number of carbonyl (C=O) groups excluding carboxylic acids is 1. The molecule has 106 valence electrons. The third kappa shape index (κ3) is 2.25. The van der Waals surface area contributed by atoms with E-state index in [2.05, 4.69) is 4.98 Å². The van der Waals surface area contributed by atoms with Crippen molar-refractivity contribution in [2.24, 2.45) is 0 Å². The highest BCUT2D eigenvalue weighted by Crippen LogP contribution is 2.30. The van der Waals surface area contributed by atoms with Gasteiger partial charge in [-0.05, 0) is 37.6 Å². The Morgan fingerprint density at radius 2 is 1.81 bits per heavy atom. The minimum absolute atomic E-state index is 0.0226. The lowest BCUT2D eigenvalue weighted by atomic mass is 9.78. The molecule has 1 N–H and O–H groups in total. The van der Waals surface area contributed by atoms with Crippen LogP contribution in [0.25, 0.3) is 10.9 Å². The van der Waals surface area contributed by atoms with E-state index in [1.54, 1.807) is 12.3 Å². The predicted octanol–water partition coefficient (Wildman–Crippen LogP) is 4.47. The van der Waals surface area contributed by atoms with Crippen molar-refractivity contribution in [3.63, 3.8) is 0 Å². The Hall–Kier alpha value is -2.42. The van der Waals surface area contributed by atoms with Gasteiger partial charge in [0, 0.05) is 22.7 Å². The number of carbonyl (C=O) groups is 1. The zero-order chi connectivity index (χ0) is 15.0. The Balaban J connectivity index is 2.10. The maximum Gasteiger partial charge on any atom is 0.174 e. The first-order chi connectivity index (χ1) is 10.00. The van der Waals surface area contributed by atoms with Crippen LogP contribution in [-0.4, -0.2) is 10.8 Å². The number of fused-ring (bicyclic) bond motifs is 1. The normalized spacial score (nSPS) is 11.8. The number of aromatic nitrogens is 1. The summed E-state index contributed by atoms with van der Waals surface area (Å²) < 4.78 is 13.5. The number of ketones is 1. The van der Waals surface area contributed by atoms with Gasteiger partial charge < -0.3 is 4.98 Å². The topological polar surface area (TPSA) is 32.9 Å². The van der Waals surface area contributed by atoms with Gasteiger partial charge in [-0.25, -0.2) is 4.39 Å². The fourth-order valence-electron chi connectivity index (χ4n) is 2.60. The molecule has 1 heterocycles. The second-order valence-corrected chi connectivity index (χ2v) is 5.71. The van der Waals surface area contributed by atoms with Gasteiger partial charge in [0.1, 0.15) is 5.82 Å². The van der Waals surface area contributed by atoms with Crippen molar-refractivity contribution < 1.29 is 9.18 Å². The van der Waals surface area contributed by atoms with Crippen LogP contribution in [0.1, 0.15) is 29.8 Å². The number of aromatic amines is 1. The molecule has 3 aromatic rings. The Morgan fingerprint density at radius 1 is 1.10 bits per heavy atom. The molecule has 21 heavy (non-hydrogen) atoms. The summed E-state index contributed by atoms with van der Waals surface area (Å²) in [5.41, 5.74) is 1.57. The van der Waals surface area contributed by atoms with Crippen LogP contribution in [0.5, 0.6) is 0 Å². The van der Waals surface area contributed by atoms with E-state index in [1.165, 1.54) is 12.1 Å². The van der Waals surface area contributed by atoms with Crippen molar-refractivity contribution in [3.8, 4) is 0 Å². The summed E-state index contributed by atoms with van der Waals surface area (Å²) >= 11 is 0. The van der Waals surface area contributed by atoms with Gasteiger partial charge >= 0.3 is 0 Å². The maximum absolute atomic E-state index is 13.5. The number of Topliss-reactive ketones (excluding diaryl/α,β-unsaturated/α-hetero) is 1. The lowest BCUT2D eigenvalue weighted by Gasteiger charge is -2.23. The van der Waals surface area contributed by atoms with Crippen molar-refractivity contribution in [2.75, 3.05) is 0 Å². The average molecular weight is 281 g/mol. The highest BCUT2D eigenvalue weighted by atomic mass is 19.1. The maximum atomic E-state index is 13.5. The van der Waals surface area contributed by atoms with Crippen LogP contribution >= 0.6 is 0 Å². The van der Waals surface area contributed by atoms with Gasteiger partial charge in [-0.1, -0.05) is 30.3 Å². The molecule has 0 radical (unpaired) electrons. The van der Waals surface area contributed by atoms with Gasteiger partial charge in [0.25, 0.3) is 0 Å². The number of benzene rings is 2. The molecule has 0 saturated carbocycles. The van der Waals surface area contributed by atoms with Crippen LogP contribution in [0, 0.1) is 5.82 Å². The predicted molar refractivity (Wildman–Crippen MR) is 82.1 cm³/mol. The van der Waals surface area contributed by atoms with E-state index < -0.39 is 5.41 Å². The number of H-pyrrole nitrogens is 1. The van der Waals surface area contributed by atoms with E-state index in [0.717, 1.165) is 11.1 Å². The third-order valence-corrected chi connectivity index (χ3v) is 3.95. The molecular formula is C18H16FNO. The molecule has 0 amide bonds. The standard InChI is InChI=1S/C18H16FNO/c1-18(2,12-6-4-3-5-7-12)17(21)15-11-20-16-9-8-13(19)10-14(15)16/h3-11,20H,1-2H3. The molecule has 0 spiro atoms. The Bertz CT molecular complexity index is 802. The van der Waals surface area contributed by atoms with Crippen LogP contribution in [0.3, 0.4) is 0 Å². The van der Waals surface area contributed by atoms with Crippen LogP contribution in [0.15, 0.2) is 54.7 Å². The van der Waals surface area contributed by atoms with E-state index in [9.17, 15) is 9.18 Å². The van der Waals surface area contributed by atoms with Crippen molar-refractivity contribution in [1.82, 2.24) is 4.98 Å². The number of hydrogen-bond donors (Lipinski definition) is 1. The summed E-state index contributed by atoms with van der Waals surface area (Å²) in [6.07, 6.45) is 1.66. The fraction of sp³-hybridized carbons (Fsp3) is 0.167. The molecule has 0 aliphatic carbocycles. The van der Waals surface area contributed by atoms with Crippen LogP contribution < -0.4 is 0 Å². The summed E-state index contributed by atoms with van der Waals surface area (Å²) in [5.74, 6) is -0.362. The highest BCUT2D eigenvalue weighted by molar-refractivity contribution is 6.12. The summed E-state index contributed by atoms with van der Waals surface area (Å²) in [6, 6.07) is 14.1. The number of hydrogen-bond acceptors (Lipinski definition) is 1.